The molecule has 0 aromatic heterocycles. The number of fused-ring (bicyclic) bond motifs is 1. The topological polar surface area (TPSA) is 27.6 Å². The molecule has 0 unspecified atom stereocenters. The molecule has 0 saturated heterocycles. The van der Waals surface area contributed by atoms with Crippen LogP contribution in [0.3, 0.4) is 0 Å². The smallest absolute Gasteiger partial charge is 0.356 e. The largest absolute Gasteiger partial charge is 0.389 e. The summed E-state index contributed by atoms with van der Waals surface area (Å²) in [5.41, 5.74) is 2.65. The number of halogens is 3. The zero-order valence-electron chi connectivity index (χ0n) is 12.8. The highest BCUT2D eigenvalue weighted by atomic mass is 19.4. The molecule has 0 bridgehead atoms. The fourth-order valence-electron chi connectivity index (χ4n) is 2.66. The van der Waals surface area contributed by atoms with Gasteiger partial charge in [-0.3, -0.25) is 4.99 Å². The van der Waals surface area contributed by atoms with Crippen molar-refractivity contribution in [2.24, 2.45) is 4.99 Å². The summed E-state index contributed by atoms with van der Waals surface area (Å²) < 4.78 is 36.3. The summed E-state index contributed by atoms with van der Waals surface area (Å²) in [5.74, 6) is 0.765. The van der Waals surface area contributed by atoms with Crippen molar-refractivity contribution in [1.29, 1.82) is 0 Å². The molecule has 3 nitrogen and oxygen atoms in total. The highest BCUT2D eigenvalue weighted by molar-refractivity contribution is 5.80. The van der Waals surface area contributed by atoms with E-state index in [4.69, 9.17) is 0 Å². The van der Waals surface area contributed by atoms with Crippen LogP contribution >= 0.6 is 0 Å². The third-order valence-electron chi connectivity index (χ3n) is 3.81. The standard InChI is InChI=1S/C16H22F3N3/c1-20-15(21-10-5-4-9-16(17,18)19)22-11-8-13-6-2-3-7-14(13)12-22/h2-3,6-7H,4-5,8-12H2,1H3,(H,20,21). The number of hydrogen-bond donors (Lipinski definition) is 1. The van der Waals surface area contributed by atoms with Crippen LogP contribution in [0.1, 0.15) is 30.4 Å². The molecule has 22 heavy (non-hydrogen) atoms. The summed E-state index contributed by atoms with van der Waals surface area (Å²) in [6.45, 7) is 2.18. The minimum Gasteiger partial charge on any atom is -0.356 e. The third kappa shape index (κ3) is 4.93. The molecule has 2 rings (SSSR count). The second kappa shape index (κ2) is 7.51. The van der Waals surface area contributed by atoms with Crippen LogP contribution in [0.5, 0.6) is 0 Å². The van der Waals surface area contributed by atoms with Gasteiger partial charge in [-0.15, -0.1) is 0 Å². The van der Waals surface area contributed by atoms with Crippen LogP contribution in [0.2, 0.25) is 0 Å². The fraction of sp³-hybridized carbons (Fsp3) is 0.562. The van der Waals surface area contributed by atoms with Crippen LogP contribution in [0.15, 0.2) is 29.3 Å². The van der Waals surface area contributed by atoms with Crippen LogP contribution in [0.4, 0.5) is 13.2 Å². The van der Waals surface area contributed by atoms with Gasteiger partial charge < -0.3 is 10.2 Å². The molecular weight excluding hydrogens is 291 g/mol. The molecule has 1 aliphatic rings. The van der Waals surface area contributed by atoms with Gasteiger partial charge in [-0.2, -0.15) is 13.2 Å². The molecule has 122 valence electrons. The maximum absolute atomic E-state index is 12.1. The lowest BCUT2D eigenvalue weighted by molar-refractivity contribution is -0.135. The number of benzene rings is 1. The Hall–Kier alpha value is -1.72. The Bertz CT molecular complexity index is 512. The molecular formula is C16H22F3N3. The van der Waals surface area contributed by atoms with Crippen LogP contribution in [-0.4, -0.2) is 37.2 Å². The maximum atomic E-state index is 12.1. The zero-order valence-corrected chi connectivity index (χ0v) is 12.8. The lowest BCUT2D eigenvalue weighted by Gasteiger charge is -2.31. The number of guanidine groups is 1. The van der Waals surface area contributed by atoms with Crippen molar-refractivity contribution in [3.63, 3.8) is 0 Å². The highest BCUT2D eigenvalue weighted by Gasteiger charge is 2.25. The number of aliphatic imine (C=N–C) groups is 1. The molecule has 6 heteroatoms. The number of rotatable bonds is 4. The van der Waals surface area contributed by atoms with E-state index in [0.717, 1.165) is 25.5 Å². The van der Waals surface area contributed by atoms with Gasteiger partial charge in [0.1, 0.15) is 0 Å². The Labute approximate surface area is 129 Å². The van der Waals surface area contributed by atoms with Crippen molar-refractivity contribution < 1.29 is 13.2 Å². The molecule has 0 amide bonds. The first kappa shape index (κ1) is 16.6. The van der Waals surface area contributed by atoms with E-state index in [2.05, 4.69) is 27.3 Å². The maximum Gasteiger partial charge on any atom is 0.389 e. The van der Waals surface area contributed by atoms with Gasteiger partial charge in [-0.05, 0) is 30.4 Å². The number of alkyl halides is 3. The minimum atomic E-state index is -4.06. The summed E-state index contributed by atoms with van der Waals surface area (Å²) in [6, 6.07) is 8.32. The molecule has 1 aromatic carbocycles. The van der Waals surface area contributed by atoms with Gasteiger partial charge in [0.2, 0.25) is 0 Å². The van der Waals surface area contributed by atoms with E-state index in [0.29, 0.717) is 13.0 Å². The van der Waals surface area contributed by atoms with E-state index < -0.39 is 12.6 Å². The van der Waals surface area contributed by atoms with E-state index >= 15 is 0 Å². The first-order valence-electron chi connectivity index (χ1n) is 7.59. The molecule has 1 heterocycles. The average molecular weight is 313 g/mol. The Balaban J connectivity index is 1.79. The second-order valence-electron chi connectivity index (χ2n) is 5.49. The third-order valence-corrected chi connectivity index (χ3v) is 3.81. The number of hydrogen-bond acceptors (Lipinski definition) is 1. The lowest BCUT2D eigenvalue weighted by atomic mass is 10.0. The van der Waals surface area contributed by atoms with Crippen LogP contribution in [0.25, 0.3) is 0 Å². The molecule has 0 saturated carbocycles. The molecule has 0 radical (unpaired) electrons. The SMILES string of the molecule is CN=C(NCCCCC(F)(F)F)N1CCc2ccccc2C1. The van der Waals surface area contributed by atoms with Gasteiger partial charge >= 0.3 is 6.18 Å². The van der Waals surface area contributed by atoms with Crippen molar-refractivity contribution >= 4 is 5.96 Å². The quantitative estimate of drug-likeness (QED) is 0.524. The molecule has 0 atom stereocenters. The van der Waals surface area contributed by atoms with Gasteiger partial charge in [0, 0.05) is 33.1 Å². The molecule has 0 fully saturated rings. The van der Waals surface area contributed by atoms with Gasteiger partial charge in [0.25, 0.3) is 0 Å². The Morgan fingerprint density at radius 1 is 1.23 bits per heavy atom. The number of nitrogens with one attached hydrogen (secondary N) is 1. The van der Waals surface area contributed by atoms with Crippen LogP contribution in [-0.2, 0) is 13.0 Å². The Morgan fingerprint density at radius 2 is 1.95 bits per heavy atom. The second-order valence-corrected chi connectivity index (χ2v) is 5.49. The normalized spacial score (nSPS) is 15.6. The highest BCUT2D eigenvalue weighted by Crippen LogP contribution is 2.22. The predicted molar refractivity (Wildman–Crippen MR) is 81.8 cm³/mol. The van der Waals surface area contributed by atoms with E-state index in [1.165, 1.54) is 11.1 Å². The summed E-state index contributed by atoms with van der Waals surface area (Å²) in [5, 5.41) is 3.16. The summed E-state index contributed by atoms with van der Waals surface area (Å²) in [7, 11) is 1.71. The van der Waals surface area contributed by atoms with Crippen molar-refractivity contribution in [3.8, 4) is 0 Å². The van der Waals surface area contributed by atoms with Crippen molar-refractivity contribution in [2.45, 2.75) is 38.4 Å². The van der Waals surface area contributed by atoms with Crippen molar-refractivity contribution in [2.75, 3.05) is 20.1 Å². The minimum absolute atomic E-state index is 0.149. The number of nitrogens with zero attached hydrogens (tertiary/aromatic N) is 2. The van der Waals surface area contributed by atoms with Crippen LogP contribution < -0.4 is 5.32 Å². The van der Waals surface area contributed by atoms with Crippen LogP contribution in [0, 0.1) is 0 Å². The van der Waals surface area contributed by atoms with Gasteiger partial charge in [-0.1, -0.05) is 24.3 Å². The molecule has 1 N–H and O–H groups in total. The summed E-state index contributed by atoms with van der Waals surface area (Å²) in [4.78, 5) is 6.39. The summed E-state index contributed by atoms with van der Waals surface area (Å²) >= 11 is 0. The monoisotopic (exact) mass is 313 g/mol. The molecule has 0 spiro atoms. The van der Waals surface area contributed by atoms with E-state index in [-0.39, 0.29) is 6.42 Å². The van der Waals surface area contributed by atoms with E-state index in [1.807, 2.05) is 12.1 Å². The molecule has 0 aliphatic carbocycles. The van der Waals surface area contributed by atoms with E-state index in [9.17, 15) is 13.2 Å². The first-order chi connectivity index (χ1) is 10.5. The van der Waals surface area contributed by atoms with E-state index in [1.54, 1.807) is 7.05 Å². The fourth-order valence-corrected chi connectivity index (χ4v) is 2.66. The van der Waals surface area contributed by atoms with Crippen molar-refractivity contribution in [3.05, 3.63) is 35.4 Å². The predicted octanol–water partition coefficient (Wildman–Crippen LogP) is 3.35. The van der Waals surface area contributed by atoms with Gasteiger partial charge in [-0.25, -0.2) is 0 Å². The molecule has 1 aliphatic heterocycles. The average Bonchev–Trinajstić information content (AvgIpc) is 2.49. The zero-order chi connectivity index (χ0) is 16.0. The van der Waals surface area contributed by atoms with Gasteiger partial charge in [0.15, 0.2) is 5.96 Å². The van der Waals surface area contributed by atoms with Crippen molar-refractivity contribution in [1.82, 2.24) is 10.2 Å². The Kier molecular flexibility index (Phi) is 5.69. The number of unbranched alkanes of at least 4 members (excludes halogenated alkanes) is 1. The lowest BCUT2D eigenvalue weighted by Crippen LogP contribution is -2.44. The summed E-state index contributed by atoms with van der Waals surface area (Å²) in [6.07, 6.45) is -3.17. The Morgan fingerprint density at radius 3 is 2.64 bits per heavy atom. The first-order valence-corrected chi connectivity index (χ1v) is 7.59. The molecule has 1 aromatic rings. The van der Waals surface area contributed by atoms with Gasteiger partial charge in [0.05, 0.1) is 0 Å².